The van der Waals surface area contributed by atoms with E-state index in [4.69, 9.17) is 0 Å². The number of benzene rings is 1. The van der Waals surface area contributed by atoms with Gasteiger partial charge in [-0.1, -0.05) is 6.07 Å². The molecule has 6 nitrogen and oxygen atoms in total. The van der Waals surface area contributed by atoms with Crippen molar-refractivity contribution in [1.82, 2.24) is 15.5 Å². The highest BCUT2D eigenvalue weighted by atomic mass is 19.2. The smallest absolute Gasteiger partial charge is 0.330 e. The van der Waals surface area contributed by atoms with E-state index < -0.39 is 35.5 Å². The Morgan fingerprint density at radius 2 is 1.91 bits per heavy atom. The van der Waals surface area contributed by atoms with Crippen LogP contribution in [0.2, 0.25) is 0 Å². The number of amides is 4. The second-order valence-corrected chi connectivity index (χ2v) is 5.03. The minimum absolute atomic E-state index is 0.118. The van der Waals surface area contributed by atoms with E-state index in [2.05, 4.69) is 10.6 Å². The molecule has 122 valence electrons. The number of carbonyl (C=O) groups excluding carboxylic acids is 3. The molecule has 0 fully saturated rings. The van der Waals surface area contributed by atoms with E-state index >= 15 is 0 Å². The van der Waals surface area contributed by atoms with Crippen LogP contribution >= 0.6 is 0 Å². The molecule has 0 saturated heterocycles. The van der Waals surface area contributed by atoms with Crippen molar-refractivity contribution in [2.45, 2.75) is 19.9 Å². The standard InChI is InChI=1S/C15H15F2N3O3/c1-7-12(8(2)21)13(9-4-5-10(16)11(17)6-9)20(14(22)18-3)15(23)19-7/h4-6,13H,1-3H3,(H,18,22)(H,19,23). The summed E-state index contributed by atoms with van der Waals surface area (Å²) in [6.45, 7) is 2.77. The number of hydrogen-bond acceptors (Lipinski definition) is 3. The Hall–Kier alpha value is -2.77. The molecule has 0 spiro atoms. The van der Waals surface area contributed by atoms with Crippen LogP contribution in [0, 0.1) is 11.6 Å². The lowest BCUT2D eigenvalue weighted by Gasteiger charge is -2.36. The van der Waals surface area contributed by atoms with Crippen molar-refractivity contribution in [2.75, 3.05) is 7.05 Å². The quantitative estimate of drug-likeness (QED) is 0.876. The summed E-state index contributed by atoms with van der Waals surface area (Å²) in [6.07, 6.45) is 0. The van der Waals surface area contributed by atoms with Crippen molar-refractivity contribution < 1.29 is 23.2 Å². The number of carbonyl (C=O) groups is 3. The zero-order valence-electron chi connectivity index (χ0n) is 12.7. The third-order valence-electron chi connectivity index (χ3n) is 3.52. The fourth-order valence-corrected chi connectivity index (χ4v) is 2.52. The summed E-state index contributed by atoms with van der Waals surface area (Å²) in [5, 5.41) is 4.71. The van der Waals surface area contributed by atoms with Gasteiger partial charge < -0.3 is 10.6 Å². The van der Waals surface area contributed by atoms with Crippen LogP contribution in [0.3, 0.4) is 0 Å². The summed E-state index contributed by atoms with van der Waals surface area (Å²) >= 11 is 0. The average Bonchev–Trinajstić information content (AvgIpc) is 2.48. The van der Waals surface area contributed by atoms with Crippen molar-refractivity contribution >= 4 is 17.8 Å². The molecule has 0 saturated carbocycles. The number of allylic oxidation sites excluding steroid dienone is 1. The first-order chi connectivity index (χ1) is 10.8. The highest BCUT2D eigenvalue weighted by molar-refractivity contribution is 6.03. The number of hydrogen-bond donors (Lipinski definition) is 2. The highest BCUT2D eigenvalue weighted by Crippen LogP contribution is 2.34. The first kappa shape index (κ1) is 16.6. The molecule has 1 aromatic carbocycles. The van der Waals surface area contributed by atoms with Gasteiger partial charge in [-0.2, -0.15) is 0 Å². The van der Waals surface area contributed by atoms with E-state index in [-0.39, 0.29) is 16.8 Å². The van der Waals surface area contributed by atoms with Crippen LogP contribution in [0.1, 0.15) is 25.5 Å². The van der Waals surface area contributed by atoms with Gasteiger partial charge in [0.2, 0.25) is 0 Å². The third kappa shape index (κ3) is 2.92. The molecule has 1 aliphatic rings. The van der Waals surface area contributed by atoms with Crippen LogP contribution < -0.4 is 10.6 Å². The summed E-state index contributed by atoms with van der Waals surface area (Å²) in [5.74, 6) is -2.59. The van der Waals surface area contributed by atoms with Crippen molar-refractivity contribution in [3.63, 3.8) is 0 Å². The van der Waals surface area contributed by atoms with E-state index in [0.29, 0.717) is 0 Å². The number of nitrogens with zero attached hydrogens (tertiary/aromatic N) is 1. The Balaban J connectivity index is 2.68. The van der Waals surface area contributed by atoms with E-state index in [1.54, 1.807) is 0 Å². The van der Waals surface area contributed by atoms with Crippen molar-refractivity contribution in [2.24, 2.45) is 0 Å². The predicted octanol–water partition coefficient (Wildman–Crippen LogP) is 2.23. The number of ketones is 1. The summed E-state index contributed by atoms with van der Waals surface area (Å²) < 4.78 is 26.7. The second kappa shape index (κ2) is 6.15. The largest absolute Gasteiger partial charge is 0.341 e. The van der Waals surface area contributed by atoms with Crippen LogP contribution in [0.15, 0.2) is 29.5 Å². The molecule has 0 aliphatic carbocycles. The van der Waals surface area contributed by atoms with Gasteiger partial charge in [-0.25, -0.2) is 23.3 Å². The van der Waals surface area contributed by atoms with E-state index in [1.165, 1.54) is 27.0 Å². The molecule has 0 aromatic heterocycles. The highest BCUT2D eigenvalue weighted by Gasteiger charge is 2.40. The second-order valence-electron chi connectivity index (χ2n) is 5.03. The zero-order chi connectivity index (χ0) is 17.3. The Morgan fingerprint density at radius 1 is 1.26 bits per heavy atom. The normalized spacial score (nSPS) is 17.9. The topological polar surface area (TPSA) is 78.5 Å². The number of imide groups is 1. The van der Waals surface area contributed by atoms with Crippen molar-refractivity contribution in [3.05, 3.63) is 46.7 Å². The lowest BCUT2D eigenvalue weighted by atomic mass is 9.91. The third-order valence-corrected chi connectivity index (χ3v) is 3.52. The van der Waals surface area contributed by atoms with Crippen LogP contribution in [0.4, 0.5) is 18.4 Å². The summed E-state index contributed by atoms with van der Waals surface area (Å²) in [6, 6.07) is 0.298. The van der Waals surface area contributed by atoms with Gasteiger partial charge in [-0.3, -0.25) is 4.79 Å². The molecule has 2 N–H and O–H groups in total. The number of Topliss-reactive ketones (excluding diaryl/α,β-unsaturated/α-hetero) is 1. The van der Waals surface area contributed by atoms with Gasteiger partial charge in [0, 0.05) is 18.3 Å². The molecule has 1 unspecified atom stereocenters. The minimum atomic E-state index is -1.14. The van der Waals surface area contributed by atoms with E-state index in [0.717, 1.165) is 17.0 Å². The Kier molecular flexibility index (Phi) is 4.44. The summed E-state index contributed by atoms with van der Waals surface area (Å²) in [5.41, 5.74) is 0.503. The number of urea groups is 2. The van der Waals surface area contributed by atoms with Gasteiger partial charge in [-0.05, 0) is 31.5 Å². The fraction of sp³-hybridized carbons (Fsp3) is 0.267. The monoisotopic (exact) mass is 323 g/mol. The molecule has 1 atom stereocenters. The minimum Gasteiger partial charge on any atom is -0.341 e. The molecular weight excluding hydrogens is 308 g/mol. The van der Waals surface area contributed by atoms with Crippen molar-refractivity contribution in [3.8, 4) is 0 Å². The number of halogens is 2. The van der Waals surface area contributed by atoms with Crippen LogP contribution in [-0.4, -0.2) is 29.8 Å². The number of nitrogens with one attached hydrogen (secondary N) is 2. The SMILES string of the molecule is CNC(=O)N1C(=O)NC(C)=C(C(C)=O)C1c1ccc(F)c(F)c1. The van der Waals surface area contributed by atoms with E-state index in [1.807, 2.05) is 0 Å². The molecule has 2 rings (SSSR count). The Labute approximate surface area is 131 Å². The molecule has 1 aromatic rings. The predicted molar refractivity (Wildman–Crippen MR) is 77.3 cm³/mol. The zero-order valence-corrected chi connectivity index (χ0v) is 12.7. The van der Waals surface area contributed by atoms with Crippen LogP contribution in [-0.2, 0) is 4.79 Å². The first-order valence-electron chi connectivity index (χ1n) is 6.76. The van der Waals surface area contributed by atoms with E-state index in [9.17, 15) is 23.2 Å². The van der Waals surface area contributed by atoms with Crippen LogP contribution in [0.5, 0.6) is 0 Å². The molecule has 23 heavy (non-hydrogen) atoms. The van der Waals surface area contributed by atoms with Gasteiger partial charge >= 0.3 is 12.1 Å². The molecule has 1 heterocycles. The molecule has 1 aliphatic heterocycles. The Morgan fingerprint density at radius 3 is 2.43 bits per heavy atom. The van der Waals surface area contributed by atoms with Crippen LogP contribution in [0.25, 0.3) is 0 Å². The summed E-state index contributed by atoms with van der Waals surface area (Å²) in [7, 11) is 1.32. The molecule has 0 radical (unpaired) electrons. The molecule has 4 amide bonds. The molecule has 0 bridgehead atoms. The summed E-state index contributed by atoms with van der Waals surface area (Å²) in [4.78, 5) is 36.9. The lowest BCUT2D eigenvalue weighted by Crippen LogP contribution is -2.53. The van der Waals surface area contributed by atoms with Gasteiger partial charge in [0.25, 0.3) is 0 Å². The van der Waals surface area contributed by atoms with Gasteiger partial charge in [0.1, 0.15) is 0 Å². The van der Waals surface area contributed by atoms with Gasteiger partial charge in [0.15, 0.2) is 17.4 Å². The maximum atomic E-state index is 13.6. The van der Waals surface area contributed by atoms with Crippen molar-refractivity contribution in [1.29, 1.82) is 0 Å². The average molecular weight is 323 g/mol. The molecular formula is C15H15F2N3O3. The van der Waals surface area contributed by atoms with Gasteiger partial charge in [-0.15, -0.1) is 0 Å². The van der Waals surface area contributed by atoms with Gasteiger partial charge in [0.05, 0.1) is 6.04 Å². The maximum absolute atomic E-state index is 13.6. The Bertz CT molecular complexity index is 731. The molecule has 8 heteroatoms. The first-order valence-corrected chi connectivity index (χ1v) is 6.76. The fourth-order valence-electron chi connectivity index (χ4n) is 2.52. The number of rotatable bonds is 2. The maximum Gasteiger partial charge on any atom is 0.330 e. The lowest BCUT2D eigenvalue weighted by molar-refractivity contribution is -0.114.